The third-order valence-corrected chi connectivity index (χ3v) is 4.28. The van der Waals surface area contributed by atoms with Gasteiger partial charge in [0.1, 0.15) is 5.82 Å². The van der Waals surface area contributed by atoms with Gasteiger partial charge < -0.3 is 10.6 Å². The Kier molecular flexibility index (Phi) is 5.34. The molecule has 128 valence electrons. The zero-order chi connectivity index (χ0) is 17.6. The summed E-state index contributed by atoms with van der Waals surface area (Å²) >= 11 is 0. The van der Waals surface area contributed by atoms with Crippen LogP contribution >= 0.6 is 0 Å². The largest absolute Gasteiger partial charge is 0.399 e. The number of benzene rings is 3. The number of nitrogens with zero attached hydrogens (tertiary/aromatic N) is 1. The number of hydrogen-bond acceptors (Lipinski definition) is 2. The summed E-state index contributed by atoms with van der Waals surface area (Å²) in [5.41, 5.74) is 10.0. The predicted octanol–water partition coefficient (Wildman–Crippen LogP) is 5.41. The molecule has 25 heavy (non-hydrogen) atoms. The van der Waals surface area contributed by atoms with Crippen molar-refractivity contribution in [2.24, 2.45) is 0 Å². The monoisotopic (exact) mass is 334 g/mol. The van der Waals surface area contributed by atoms with E-state index in [0.29, 0.717) is 0 Å². The fourth-order valence-electron chi connectivity index (χ4n) is 3.19. The molecule has 0 radical (unpaired) electrons. The quantitative estimate of drug-likeness (QED) is 0.610. The summed E-state index contributed by atoms with van der Waals surface area (Å²) in [6.45, 7) is 3.05. The smallest absolute Gasteiger partial charge is 0.123 e. The van der Waals surface area contributed by atoms with E-state index in [4.69, 9.17) is 5.73 Å². The van der Waals surface area contributed by atoms with E-state index in [1.807, 2.05) is 48.5 Å². The van der Waals surface area contributed by atoms with E-state index in [0.717, 1.165) is 35.5 Å². The Morgan fingerprint density at radius 3 is 2.24 bits per heavy atom. The highest BCUT2D eigenvalue weighted by Crippen LogP contribution is 2.34. The minimum atomic E-state index is -0.225. The summed E-state index contributed by atoms with van der Waals surface area (Å²) in [7, 11) is 0. The normalized spacial score (nSPS) is 11.9. The van der Waals surface area contributed by atoms with Crippen LogP contribution in [0.25, 0.3) is 0 Å². The molecule has 0 amide bonds. The van der Waals surface area contributed by atoms with Gasteiger partial charge in [-0.25, -0.2) is 4.39 Å². The number of halogens is 1. The number of anilines is 2. The van der Waals surface area contributed by atoms with Crippen molar-refractivity contribution in [3.8, 4) is 0 Å². The maximum Gasteiger partial charge on any atom is 0.123 e. The Hall–Kier alpha value is -2.81. The third-order valence-electron chi connectivity index (χ3n) is 4.28. The highest BCUT2D eigenvalue weighted by molar-refractivity contribution is 5.54. The summed E-state index contributed by atoms with van der Waals surface area (Å²) in [5, 5.41) is 0. The molecule has 3 aromatic rings. The van der Waals surface area contributed by atoms with Crippen LogP contribution < -0.4 is 10.6 Å². The van der Waals surface area contributed by atoms with E-state index in [1.165, 1.54) is 12.1 Å². The Bertz CT molecular complexity index is 800. The van der Waals surface area contributed by atoms with Gasteiger partial charge in [-0.15, -0.1) is 0 Å². The molecule has 3 aromatic carbocycles. The number of rotatable bonds is 6. The fraction of sp³-hybridized carbons (Fsp3) is 0.182. The molecule has 2 nitrogen and oxygen atoms in total. The van der Waals surface area contributed by atoms with Gasteiger partial charge in [0.2, 0.25) is 0 Å². The Balaban J connectivity index is 2.12. The van der Waals surface area contributed by atoms with Crippen molar-refractivity contribution in [3.05, 3.63) is 95.8 Å². The van der Waals surface area contributed by atoms with Crippen LogP contribution in [0.5, 0.6) is 0 Å². The summed E-state index contributed by atoms with van der Waals surface area (Å²) < 4.78 is 13.5. The molecule has 3 heteroatoms. The second-order valence-electron chi connectivity index (χ2n) is 6.15. The van der Waals surface area contributed by atoms with Crippen molar-refractivity contribution < 1.29 is 4.39 Å². The van der Waals surface area contributed by atoms with E-state index < -0.39 is 0 Å². The van der Waals surface area contributed by atoms with Gasteiger partial charge in [0.05, 0.1) is 6.04 Å². The van der Waals surface area contributed by atoms with E-state index in [9.17, 15) is 4.39 Å². The summed E-state index contributed by atoms with van der Waals surface area (Å²) in [4.78, 5) is 2.35. The van der Waals surface area contributed by atoms with Gasteiger partial charge in [0.25, 0.3) is 0 Å². The molecular weight excluding hydrogens is 311 g/mol. The van der Waals surface area contributed by atoms with Crippen LogP contribution in [0.4, 0.5) is 15.8 Å². The van der Waals surface area contributed by atoms with Crippen LogP contribution in [-0.4, -0.2) is 6.54 Å². The first-order chi connectivity index (χ1) is 12.2. The standard InChI is InChI=1S/C22H23FN2/c1-2-15-25(21-9-4-3-5-10-21)22(17-11-13-19(23)14-12-17)18-7-6-8-20(24)16-18/h3-14,16,22H,2,15,24H2,1H3. The first kappa shape index (κ1) is 17.0. The third kappa shape index (κ3) is 4.00. The van der Waals surface area contributed by atoms with Crippen molar-refractivity contribution in [2.75, 3.05) is 17.2 Å². The average Bonchev–Trinajstić information content (AvgIpc) is 2.64. The lowest BCUT2D eigenvalue weighted by molar-refractivity contribution is 0.624. The van der Waals surface area contributed by atoms with Gasteiger partial charge >= 0.3 is 0 Å². The molecule has 3 rings (SSSR count). The van der Waals surface area contributed by atoms with Crippen molar-refractivity contribution >= 4 is 11.4 Å². The number of hydrogen-bond donors (Lipinski definition) is 1. The van der Waals surface area contributed by atoms with Crippen LogP contribution in [-0.2, 0) is 0 Å². The highest BCUT2D eigenvalue weighted by Gasteiger charge is 2.22. The SMILES string of the molecule is CCCN(c1ccccc1)C(c1ccc(F)cc1)c1cccc(N)c1. The van der Waals surface area contributed by atoms with Crippen molar-refractivity contribution in [2.45, 2.75) is 19.4 Å². The molecule has 0 saturated heterocycles. The Morgan fingerprint density at radius 2 is 1.60 bits per heavy atom. The average molecular weight is 334 g/mol. The molecule has 1 atom stereocenters. The number of nitrogens with two attached hydrogens (primary N) is 1. The lowest BCUT2D eigenvalue weighted by Crippen LogP contribution is -2.30. The van der Waals surface area contributed by atoms with Crippen LogP contribution in [0.1, 0.15) is 30.5 Å². The molecule has 0 spiro atoms. The number of para-hydroxylation sites is 1. The maximum absolute atomic E-state index is 13.5. The van der Waals surface area contributed by atoms with Crippen LogP contribution in [0, 0.1) is 5.82 Å². The molecular formula is C22H23FN2. The lowest BCUT2D eigenvalue weighted by Gasteiger charge is -2.34. The second kappa shape index (κ2) is 7.84. The predicted molar refractivity (Wildman–Crippen MR) is 103 cm³/mol. The minimum absolute atomic E-state index is 0.0218. The van der Waals surface area contributed by atoms with E-state index in [-0.39, 0.29) is 11.9 Å². The van der Waals surface area contributed by atoms with Gasteiger partial charge in [0.15, 0.2) is 0 Å². The molecule has 0 aliphatic heterocycles. The van der Waals surface area contributed by atoms with Gasteiger partial charge in [-0.3, -0.25) is 0 Å². The Labute approximate surface area is 148 Å². The van der Waals surface area contributed by atoms with Gasteiger partial charge in [-0.2, -0.15) is 0 Å². The summed E-state index contributed by atoms with van der Waals surface area (Å²) in [6.07, 6.45) is 1.01. The minimum Gasteiger partial charge on any atom is -0.399 e. The van der Waals surface area contributed by atoms with Crippen molar-refractivity contribution in [1.82, 2.24) is 0 Å². The summed E-state index contributed by atoms with van der Waals surface area (Å²) in [5.74, 6) is -0.225. The van der Waals surface area contributed by atoms with Gasteiger partial charge in [-0.05, 0) is 53.9 Å². The molecule has 0 heterocycles. The van der Waals surface area contributed by atoms with Gasteiger partial charge in [-0.1, -0.05) is 49.4 Å². The van der Waals surface area contributed by atoms with E-state index in [1.54, 1.807) is 0 Å². The zero-order valence-electron chi connectivity index (χ0n) is 14.4. The first-order valence-corrected chi connectivity index (χ1v) is 8.61. The maximum atomic E-state index is 13.5. The molecule has 1 unspecified atom stereocenters. The van der Waals surface area contributed by atoms with Crippen LogP contribution in [0.15, 0.2) is 78.9 Å². The molecule has 0 aliphatic carbocycles. The van der Waals surface area contributed by atoms with Crippen molar-refractivity contribution in [1.29, 1.82) is 0 Å². The molecule has 0 fully saturated rings. The summed E-state index contributed by atoms with van der Waals surface area (Å²) in [6, 6.07) is 25.0. The molecule has 0 bridgehead atoms. The molecule has 0 aromatic heterocycles. The Morgan fingerprint density at radius 1 is 0.880 bits per heavy atom. The molecule has 2 N–H and O–H groups in total. The van der Waals surface area contributed by atoms with Gasteiger partial charge in [0, 0.05) is 17.9 Å². The van der Waals surface area contributed by atoms with E-state index in [2.05, 4.69) is 30.0 Å². The zero-order valence-corrected chi connectivity index (χ0v) is 14.4. The lowest BCUT2D eigenvalue weighted by atomic mass is 9.95. The first-order valence-electron chi connectivity index (χ1n) is 8.61. The van der Waals surface area contributed by atoms with Crippen LogP contribution in [0.3, 0.4) is 0 Å². The molecule has 0 saturated carbocycles. The molecule has 0 aliphatic rings. The number of nitrogen functional groups attached to an aromatic ring is 1. The van der Waals surface area contributed by atoms with E-state index >= 15 is 0 Å². The second-order valence-corrected chi connectivity index (χ2v) is 6.15. The van der Waals surface area contributed by atoms with Crippen LogP contribution in [0.2, 0.25) is 0 Å². The topological polar surface area (TPSA) is 29.3 Å². The highest BCUT2D eigenvalue weighted by atomic mass is 19.1. The fourth-order valence-corrected chi connectivity index (χ4v) is 3.19. The van der Waals surface area contributed by atoms with Crippen molar-refractivity contribution in [3.63, 3.8) is 0 Å².